The zero-order valence-corrected chi connectivity index (χ0v) is 16.9. The molecule has 0 bridgehead atoms. The molecule has 25 heavy (non-hydrogen) atoms. The molecule has 5 nitrogen and oxygen atoms in total. The number of Topliss-reactive ketones (excluding diaryl/α,β-unsaturated/α-hetero) is 1. The Morgan fingerprint density at radius 1 is 1.12 bits per heavy atom. The molecule has 0 aliphatic heterocycles. The molecular formula is C20H37NO4. The minimum atomic E-state index is -0.617. The largest absolute Gasteiger partial charge is 0.379 e. The Kier molecular flexibility index (Phi) is 10.9. The Bertz CT molecular complexity index is 437. The first kappa shape index (κ1) is 23.8. The van der Waals surface area contributed by atoms with E-state index < -0.39 is 10.8 Å². The van der Waals surface area contributed by atoms with E-state index in [9.17, 15) is 9.59 Å². The molecule has 0 radical (unpaired) electrons. The SMILES string of the molecule is C=CC(C)OCCNC(=O)C(C)(CC)COCC(C)(CC)C(=O)CC. The molecule has 0 heterocycles. The van der Waals surface area contributed by atoms with Crippen molar-refractivity contribution in [3.05, 3.63) is 12.7 Å². The summed E-state index contributed by atoms with van der Waals surface area (Å²) in [5.74, 6) is 0.149. The molecule has 0 aromatic carbocycles. The molecule has 0 spiro atoms. The number of ketones is 1. The summed E-state index contributed by atoms with van der Waals surface area (Å²) in [5.41, 5.74) is -1.09. The average molecular weight is 356 g/mol. The summed E-state index contributed by atoms with van der Waals surface area (Å²) < 4.78 is 11.3. The zero-order chi connectivity index (χ0) is 19.5. The molecule has 0 aromatic rings. The molecule has 5 heteroatoms. The fraction of sp³-hybridized carbons (Fsp3) is 0.800. The van der Waals surface area contributed by atoms with Gasteiger partial charge >= 0.3 is 0 Å². The van der Waals surface area contributed by atoms with Crippen molar-refractivity contribution in [3.8, 4) is 0 Å². The lowest BCUT2D eigenvalue weighted by Crippen LogP contribution is -2.44. The minimum Gasteiger partial charge on any atom is -0.379 e. The van der Waals surface area contributed by atoms with Gasteiger partial charge in [-0.2, -0.15) is 0 Å². The first-order chi connectivity index (χ1) is 11.7. The van der Waals surface area contributed by atoms with E-state index in [1.807, 2.05) is 41.5 Å². The van der Waals surface area contributed by atoms with Gasteiger partial charge in [-0.25, -0.2) is 0 Å². The van der Waals surface area contributed by atoms with Gasteiger partial charge in [-0.15, -0.1) is 6.58 Å². The van der Waals surface area contributed by atoms with Crippen molar-refractivity contribution in [2.24, 2.45) is 10.8 Å². The van der Waals surface area contributed by atoms with Gasteiger partial charge in [0.25, 0.3) is 0 Å². The third-order valence-electron chi connectivity index (χ3n) is 5.04. The van der Waals surface area contributed by atoms with Crippen LogP contribution in [0, 0.1) is 10.8 Å². The van der Waals surface area contributed by atoms with Gasteiger partial charge in [0.05, 0.1) is 31.3 Å². The smallest absolute Gasteiger partial charge is 0.228 e. The molecule has 0 aromatic heterocycles. The third kappa shape index (κ3) is 7.70. The summed E-state index contributed by atoms with van der Waals surface area (Å²) in [7, 11) is 0. The number of ether oxygens (including phenoxy) is 2. The maximum Gasteiger partial charge on any atom is 0.228 e. The van der Waals surface area contributed by atoms with Crippen LogP contribution in [0.1, 0.15) is 60.8 Å². The fourth-order valence-corrected chi connectivity index (χ4v) is 2.33. The third-order valence-corrected chi connectivity index (χ3v) is 5.04. The van der Waals surface area contributed by atoms with Gasteiger partial charge in [-0.3, -0.25) is 9.59 Å². The standard InChI is InChI=1S/C20H37NO4/c1-8-16(5)25-13-12-21-18(23)20(7,11-4)15-24-14-19(6,10-3)17(22)9-2/h8,16H,1,9-15H2,2-7H3,(H,21,23). The van der Waals surface area contributed by atoms with Crippen LogP contribution in [-0.4, -0.2) is 44.2 Å². The number of hydrogen-bond acceptors (Lipinski definition) is 4. The molecule has 0 rings (SSSR count). The van der Waals surface area contributed by atoms with E-state index in [1.54, 1.807) is 6.08 Å². The van der Waals surface area contributed by atoms with E-state index in [-0.39, 0.29) is 17.8 Å². The number of rotatable bonds is 14. The van der Waals surface area contributed by atoms with Gasteiger partial charge in [-0.1, -0.05) is 33.8 Å². The van der Waals surface area contributed by atoms with E-state index in [2.05, 4.69) is 11.9 Å². The fourth-order valence-electron chi connectivity index (χ4n) is 2.33. The van der Waals surface area contributed by atoms with Gasteiger partial charge in [0.2, 0.25) is 5.91 Å². The molecule has 3 atom stereocenters. The van der Waals surface area contributed by atoms with E-state index in [1.165, 1.54) is 0 Å². The van der Waals surface area contributed by atoms with Crippen LogP contribution in [0.3, 0.4) is 0 Å². The summed E-state index contributed by atoms with van der Waals surface area (Å²) in [5, 5.41) is 2.90. The molecule has 0 saturated carbocycles. The van der Waals surface area contributed by atoms with Crippen LogP contribution in [0.25, 0.3) is 0 Å². The Hall–Kier alpha value is -1.20. The molecule has 3 unspecified atom stereocenters. The number of amides is 1. The minimum absolute atomic E-state index is 0.0272. The molecule has 1 amide bonds. The molecule has 0 aliphatic rings. The lowest BCUT2D eigenvalue weighted by atomic mass is 9.82. The van der Waals surface area contributed by atoms with Crippen molar-refractivity contribution in [1.29, 1.82) is 0 Å². The maximum absolute atomic E-state index is 12.5. The summed E-state index contributed by atoms with van der Waals surface area (Å²) in [6.07, 6.45) is 3.58. The predicted molar refractivity (Wildman–Crippen MR) is 102 cm³/mol. The number of nitrogens with one attached hydrogen (secondary N) is 1. The summed E-state index contributed by atoms with van der Waals surface area (Å²) in [6, 6.07) is 0. The van der Waals surface area contributed by atoms with Gasteiger partial charge in [0.15, 0.2) is 0 Å². The van der Waals surface area contributed by atoms with E-state index >= 15 is 0 Å². The van der Waals surface area contributed by atoms with Crippen molar-refractivity contribution in [1.82, 2.24) is 5.32 Å². The Balaban J connectivity index is 4.50. The second-order valence-corrected chi connectivity index (χ2v) is 7.17. The van der Waals surface area contributed by atoms with Crippen molar-refractivity contribution in [2.75, 3.05) is 26.4 Å². The summed E-state index contributed by atoms with van der Waals surface area (Å²) in [6.45, 7) is 16.7. The number of carbonyl (C=O) groups excluding carboxylic acids is 2. The monoisotopic (exact) mass is 355 g/mol. The highest BCUT2D eigenvalue weighted by molar-refractivity contribution is 5.84. The van der Waals surface area contributed by atoms with Crippen LogP contribution in [0.4, 0.5) is 0 Å². The molecular weight excluding hydrogens is 318 g/mol. The first-order valence-electron chi connectivity index (χ1n) is 9.32. The quantitative estimate of drug-likeness (QED) is 0.382. The van der Waals surface area contributed by atoms with Gasteiger partial charge in [0.1, 0.15) is 5.78 Å². The second-order valence-electron chi connectivity index (χ2n) is 7.17. The lowest BCUT2D eigenvalue weighted by Gasteiger charge is -2.31. The van der Waals surface area contributed by atoms with Crippen LogP contribution in [-0.2, 0) is 19.1 Å². The zero-order valence-electron chi connectivity index (χ0n) is 16.9. The highest BCUT2D eigenvalue weighted by Gasteiger charge is 2.34. The van der Waals surface area contributed by atoms with E-state index in [0.29, 0.717) is 39.2 Å². The summed E-state index contributed by atoms with van der Waals surface area (Å²) >= 11 is 0. The van der Waals surface area contributed by atoms with Crippen molar-refractivity contribution in [2.45, 2.75) is 66.9 Å². The lowest BCUT2D eigenvalue weighted by molar-refractivity contribution is -0.138. The molecule has 0 aliphatic carbocycles. The van der Waals surface area contributed by atoms with Crippen molar-refractivity contribution in [3.63, 3.8) is 0 Å². The predicted octanol–water partition coefficient (Wildman–Crippen LogP) is 3.52. The van der Waals surface area contributed by atoms with Crippen LogP contribution < -0.4 is 5.32 Å². The summed E-state index contributed by atoms with van der Waals surface area (Å²) in [4.78, 5) is 24.6. The van der Waals surface area contributed by atoms with Crippen LogP contribution in [0.2, 0.25) is 0 Å². The Labute approximate surface area is 153 Å². The van der Waals surface area contributed by atoms with Crippen molar-refractivity contribution >= 4 is 11.7 Å². The van der Waals surface area contributed by atoms with Crippen LogP contribution >= 0.6 is 0 Å². The normalized spacial score (nSPS) is 17.2. The Morgan fingerprint density at radius 2 is 1.68 bits per heavy atom. The molecule has 0 fully saturated rings. The average Bonchev–Trinajstić information content (AvgIpc) is 2.63. The van der Waals surface area contributed by atoms with Gasteiger partial charge in [-0.05, 0) is 26.7 Å². The van der Waals surface area contributed by atoms with Crippen LogP contribution in [0.5, 0.6) is 0 Å². The number of carbonyl (C=O) groups is 2. The van der Waals surface area contributed by atoms with Crippen molar-refractivity contribution < 1.29 is 19.1 Å². The van der Waals surface area contributed by atoms with E-state index in [0.717, 1.165) is 6.42 Å². The van der Waals surface area contributed by atoms with E-state index in [4.69, 9.17) is 9.47 Å². The Morgan fingerprint density at radius 3 is 2.16 bits per heavy atom. The molecule has 1 N–H and O–H groups in total. The highest BCUT2D eigenvalue weighted by Crippen LogP contribution is 2.27. The van der Waals surface area contributed by atoms with Crippen LogP contribution in [0.15, 0.2) is 12.7 Å². The topological polar surface area (TPSA) is 64.6 Å². The molecule has 0 saturated heterocycles. The second kappa shape index (κ2) is 11.4. The van der Waals surface area contributed by atoms with Gasteiger partial charge < -0.3 is 14.8 Å². The highest BCUT2D eigenvalue weighted by atomic mass is 16.5. The number of hydrogen-bond donors (Lipinski definition) is 1. The first-order valence-corrected chi connectivity index (χ1v) is 9.32. The van der Waals surface area contributed by atoms with Gasteiger partial charge in [0, 0.05) is 18.4 Å². The molecule has 146 valence electrons. The maximum atomic E-state index is 12.5.